The van der Waals surface area contributed by atoms with E-state index in [-0.39, 0.29) is 11.6 Å². The molecule has 7 heteroatoms. The number of carbonyl (C=O) groups excluding carboxylic acids is 1. The van der Waals surface area contributed by atoms with Gasteiger partial charge < -0.3 is 15.3 Å². The van der Waals surface area contributed by atoms with Gasteiger partial charge in [-0.2, -0.15) is 0 Å². The van der Waals surface area contributed by atoms with Crippen LogP contribution >= 0.6 is 0 Å². The number of carboxylic acids is 1. The summed E-state index contributed by atoms with van der Waals surface area (Å²) in [5.74, 6) is -0.0581. The van der Waals surface area contributed by atoms with E-state index in [4.69, 9.17) is 5.11 Å². The second-order valence-electron chi connectivity index (χ2n) is 4.60. The van der Waals surface area contributed by atoms with E-state index in [2.05, 4.69) is 5.32 Å². The molecule has 1 aliphatic heterocycles. The Balaban J connectivity index is 2.09. The lowest BCUT2D eigenvalue weighted by molar-refractivity contribution is 0.0697. The Labute approximate surface area is 119 Å². The number of nitrogens with one attached hydrogen (secondary N) is 1. The SMILES string of the molecule is Cc1ccc(C(=O)O)cc1NC(=O)N1CCS(=O)CC1. The molecule has 0 unspecified atom stereocenters. The van der Waals surface area contributed by atoms with Crippen LogP contribution in [0.1, 0.15) is 15.9 Å². The van der Waals surface area contributed by atoms with Gasteiger partial charge in [0.2, 0.25) is 0 Å². The van der Waals surface area contributed by atoms with E-state index < -0.39 is 16.8 Å². The van der Waals surface area contributed by atoms with Crippen molar-refractivity contribution >= 4 is 28.5 Å². The summed E-state index contributed by atoms with van der Waals surface area (Å²) in [7, 11) is -0.838. The van der Waals surface area contributed by atoms with Gasteiger partial charge in [-0.15, -0.1) is 0 Å². The predicted molar refractivity (Wildman–Crippen MR) is 76.6 cm³/mol. The van der Waals surface area contributed by atoms with Crippen molar-refractivity contribution in [1.82, 2.24) is 4.90 Å². The zero-order valence-corrected chi connectivity index (χ0v) is 11.9. The van der Waals surface area contributed by atoms with Crippen molar-refractivity contribution < 1.29 is 18.9 Å². The lowest BCUT2D eigenvalue weighted by Crippen LogP contribution is -2.44. The van der Waals surface area contributed by atoms with Gasteiger partial charge in [0.25, 0.3) is 0 Å². The quantitative estimate of drug-likeness (QED) is 0.861. The second kappa shape index (κ2) is 6.04. The lowest BCUT2D eigenvalue weighted by atomic mass is 10.1. The molecular weight excluding hydrogens is 280 g/mol. The monoisotopic (exact) mass is 296 g/mol. The number of aromatic carboxylic acids is 1. The number of anilines is 1. The lowest BCUT2D eigenvalue weighted by Gasteiger charge is -2.26. The van der Waals surface area contributed by atoms with E-state index in [9.17, 15) is 13.8 Å². The molecule has 0 atom stereocenters. The van der Waals surface area contributed by atoms with Crippen LogP contribution in [0.15, 0.2) is 18.2 Å². The van der Waals surface area contributed by atoms with Crippen molar-refractivity contribution in [1.29, 1.82) is 0 Å². The van der Waals surface area contributed by atoms with E-state index in [1.54, 1.807) is 17.9 Å². The largest absolute Gasteiger partial charge is 0.478 e. The summed E-state index contributed by atoms with van der Waals surface area (Å²) in [6.07, 6.45) is 0. The van der Waals surface area contributed by atoms with Gasteiger partial charge in [-0.25, -0.2) is 9.59 Å². The Morgan fingerprint density at radius 1 is 1.30 bits per heavy atom. The highest BCUT2D eigenvalue weighted by atomic mass is 32.2. The minimum Gasteiger partial charge on any atom is -0.478 e. The molecule has 1 heterocycles. The van der Waals surface area contributed by atoms with Crippen LogP contribution in [-0.4, -0.2) is 50.8 Å². The van der Waals surface area contributed by atoms with Crippen LogP contribution < -0.4 is 5.32 Å². The zero-order chi connectivity index (χ0) is 14.7. The third kappa shape index (κ3) is 3.36. The molecule has 2 amide bonds. The third-order valence-electron chi connectivity index (χ3n) is 3.19. The number of urea groups is 1. The van der Waals surface area contributed by atoms with Crippen molar-refractivity contribution in [3.8, 4) is 0 Å². The molecule has 1 aromatic rings. The maximum absolute atomic E-state index is 12.1. The summed E-state index contributed by atoms with van der Waals surface area (Å²) < 4.78 is 11.3. The third-order valence-corrected chi connectivity index (χ3v) is 4.47. The molecule has 0 aliphatic carbocycles. The first-order chi connectivity index (χ1) is 9.47. The molecule has 0 aromatic heterocycles. The van der Waals surface area contributed by atoms with Gasteiger partial charge in [0, 0.05) is 41.1 Å². The Morgan fingerprint density at radius 2 is 1.95 bits per heavy atom. The standard InChI is InChI=1S/C13H16N2O4S/c1-9-2-3-10(12(16)17)8-11(9)14-13(18)15-4-6-20(19)7-5-15/h2-3,8H,4-7H2,1H3,(H,14,18)(H,16,17). The molecule has 0 bridgehead atoms. The highest BCUT2D eigenvalue weighted by Crippen LogP contribution is 2.18. The van der Waals surface area contributed by atoms with Gasteiger partial charge in [-0.3, -0.25) is 4.21 Å². The number of aryl methyl sites for hydroxylation is 1. The minimum atomic E-state index is -1.03. The molecule has 6 nitrogen and oxygen atoms in total. The number of hydrogen-bond acceptors (Lipinski definition) is 3. The van der Waals surface area contributed by atoms with Crippen LogP contribution in [-0.2, 0) is 10.8 Å². The van der Waals surface area contributed by atoms with Crippen LogP contribution in [0, 0.1) is 6.92 Å². The summed E-state index contributed by atoms with van der Waals surface area (Å²) in [5.41, 5.74) is 1.41. The molecule has 2 rings (SSSR count). The van der Waals surface area contributed by atoms with Crippen molar-refractivity contribution in [2.24, 2.45) is 0 Å². The molecule has 1 aliphatic rings. The number of amides is 2. The first kappa shape index (κ1) is 14.5. The molecule has 1 fully saturated rings. The fourth-order valence-electron chi connectivity index (χ4n) is 1.92. The highest BCUT2D eigenvalue weighted by Gasteiger charge is 2.20. The first-order valence-corrected chi connectivity index (χ1v) is 7.71. The van der Waals surface area contributed by atoms with Gasteiger partial charge in [0.05, 0.1) is 5.56 Å². The Morgan fingerprint density at radius 3 is 2.55 bits per heavy atom. The number of nitrogens with zero attached hydrogens (tertiary/aromatic N) is 1. The summed E-state index contributed by atoms with van der Waals surface area (Å²) in [5, 5.41) is 11.7. The van der Waals surface area contributed by atoms with Crippen LogP contribution in [0.2, 0.25) is 0 Å². The number of carboxylic acid groups (broad SMARTS) is 1. The van der Waals surface area contributed by atoms with Crippen LogP contribution in [0.25, 0.3) is 0 Å². The minimum absolute atomic E-state index is 0.130. The molecule has 0 saturated carbocycles. The van der Waals surface area contributed by atoms with Crippen molar-refractivity contribution in [2.45, 2.75) is 6.92 Å². The number of rotatable bonds is 2. The van der Waals surface area contributed by atoms with E-state index in [1.807, 2.05) is 0 Å². The molecule has 0 spiro atoms. The van der Waals surface area contributed by atoms with Gasteiger partial charge in [0.15, 0.2) is 0 Å². The summed E-state index contributed by atoms with van der Waals surface area (Å²) in [4.78, 5) is 24.6. The van der Waals surface area contributed by atoms with Gasteiger partial charge in [-0.1, -0.05) is 6.07 Å². The molecule has 0 radical (unpaired) electrons. The van der Waals surface area contributed by atoms with E-state index in [0.717, 1.165) is 5.56 Å². The number of benzene rings is 1. The normalized spacial score (nSPS) is 15.9. The van der Waals surface area contributed by atoms with Crippen molar-refractivity contribution in [3.63, 3.8) is 0 Å². The van der Waals surface area contributed by atoms with E-state index in [0.29, 0.717) is 30.3 Å². The van der Waals surface area contributed by atoms with Gasteiger partial charge in [0.1, 0.15) is 0 Å². The van der Waals surface area contributed by atoms with E-state index >= 15 is 0 Å². The fraction of sp³-hybridized carbons (Fsp3) is 0.385. The van der Waals surface area contributed by atoms with Crippen molar-refractivity contribution in [3.05, 3.63) is 29.3 Å². The first-order valence-electron chi connectivity index (χ1n) is 6.22. The molecule has 2 N–H and O–H groups in total. The summed E-state index contributed by atoms with van der Waals surface area (Å²) >= 11 is 0. The Kier molecular flexibility index (Phi) is 4.39. The molecular formula is C13H16N2O4S. The number of carbonyl (C=O) groups is 2. The topological polar surface area (TPSA) is 86.7 Å². The Hall–Kier alpha value is -1.89. The molecule has 1 saturated heterocycles. The molecule has 108 valence electrons. The smallest absolute Gasteiger partial charge is 0.335 e. The second-order valence-corrected chi connectivity index (χ2v) is 6.30. The molecule has 1 aromatic carbocycles. The average Bonchev–Trinajstić information content (AvgIpc) is 2.41. The summed E-state index contributed by atoms with van der Waals surface area (Å²) in [6, 6.07) is 4.31. The van der Waals surface area contributed by atoms with E-state index in [1.165, 1.54) is 12.1 Å². The maximum Gasteiger partial charge on any atom is 0.335 e. The van der Waals surface area contributed by atoms with Crippen LogP contribution in [0.4, 0.5) is 10.5 Å². The number of hydrogen-bond donors (Lipinski definition) is 2. The van der Waals surface area contributed by atoms with Gasteiger partial charge in [-0.05, 0) is 24.6 Å². The maximum atomic E-state index is 12.1. The van der Waals surface area contributed by atoms with Gasteiger partial charge >= 0.3 is 12.0 Å². The highest BCUT2D eigenvalue weighted by molar-refractivity contribution is 7.85. The Bertz CT molecular complexity index is 563. The summed E-state index contributed by atoms with van der Waals surface area (Å²) in [6.45, 7) is 2.71. The predicted octanol–water partition coefficient (Wildman–Crippen LogP) is 1.29. The molecule has 20 heavy (non-hydrogen) atoms. The fourth-order valence-corrected chi connectivity index (χ4v) is 2.98. The van der Waals surface area contributed by atoms with Crippen LogP contribution in [0.3, 0.4) is 0 Å². The average molecular weight is 296 g/mol. The van der Waals surface area contributed by atoms with Crippen molar-refractivity contribution in [2.75, 3.05) is 29.9 Å². The van der Waals surface area contributed by atoms with Crippen LogP contribution in [0.5, 0.6) is 0 Å². The zero-order valence-electron chi connectivity index (χ0n) is 11.1.